The van der Waals surface area contributed by atoms with Crippen LogP contribution in [-0.4, -0.2) is 16.5 Å². The SMILES string of the molecule is N#Cc1cccc2[nH]c(NCC3CCCCC3)nc12. The summed E-state index contributed by atoms with van der Waals surface area (Å²) in [5.41, 5.74) is 2.31. The van der Waals surface area contributed by atoms with Gasteiger partial charge >= 0.3 is 0 Å². The molecule has 0 aliphatic heterocycles. The molecular formula is C15H18N4. The van der Waals surface area contributed by atoms with Crippen LogP contribution in [0.15, 0.2) is 18.2 Å². The fourth-order valence-electron chi connectivity index (χ4n) is 2.84. The number of benzene rings is 1. The van der Waals surface area contributed by atoms with Gasteiger partial charge in [-0.2, -0.15) is 5.26 Å². The van der Waals surface area contributed by atoms with Crippen LogP contribution in [0.25, 0.3) is 11.0 Å². The molecule has 4 heteroatoms. The van der Waals surface area contributed by atoms with Gasteiger partial charge in [-0.1, -0.05) is 25.3 Å². The maximum absolute atomic E-state index is 9.05. The van der Waals surface area contributed by atoms with Gasteiger partial charge in [0.15, 0.2) is 0 Å². The van der Waals surface area contributed by atoms with Gasteiger partial charge in [-0.05, 0) is 30.9 Å². The van der Waals surface area contributed by atoms with Gasteiger partial charge in [-0.15, -0.1) is 0 Å². The Morgan fingerprint density at radius 2 is 2.16 bits per heavy atom. The van der Waals surface area contributed by atoms with Crippen molar-refractivity contribution >= 4 is 17.0 Å². The smallest absolute Gasteiger partial charge is 0.201 e. The van der Waals surface area contributed by atoms with Crippen molar-refractivity contribution in [1.29, 1.82) is 5.26 Å². The van der Waals surface area contributed by atoms with Gasteiger partial charge in [0.25, 0.3) is 0 Å². The van der Waals surface area contributed by atoms with Gasteiger partial charge in [0.2, 0.25) is 5.95 Å². The number of imidazole rings is 1. The fourth-order valence-corrected chi connectivity index (χ4v) is 2.84. The Kier molecular flexibility index (Phi) is 3.37. The number of aromatic amines is 1. The number of hydrogen-bond acceptors (Lipinski definition) is 3. The summed E-state index contributed by atoms with van der Waals surface area (Å²) < 4.78 is 0. The van der Waals surface area contributed by atoms with Gasteiger partial charge < -0.3 is 10.3 Å². The highest BCUT2D eigenvalue weighted by Gasteiger charge is 2.14. The van der Waals surface area contributed by atoms with Crippen molar-refractivity contribution in [2.45, 2.75) is 32.1 Å². The van der Waals surface area contributed by atoms with Crippen LogP contribution in [-0.2, 0) is 0 Å². The van der Waals surface area contributed by atoms with E-state index in [1.807, 2.05) is 12.1 Å². The number of fused-ring (bicyclic) bond motifs is 1. The second kappa shape index (κ2) is 5.31. The average Bonchev–Trinajstić information content (AvgIpc) is 2.89. The molecule has 98 valence electrons. The summed E-state index contributed by atoms with van der Waals surface area (Å²) in [4.78, 5) is 7.72. The first-order valence-corrected chi connectivity index (χ1v) is 6.99. The maximum atomic E-state index is 9.05. The molecule has 1 heterocycles. The molecule has 19 heavy (non-hydrogen) atoms. The first-order valence-electron chi connectivity index (χ1n) is 6.99. The highest BCUT2D eigenvalue weighted by Crippen LogP contribution is 2.24. The lowest BCUT2D eigenvalue weighted by atomic mass is 9.89. The van der Waals surface area contributed by atoms with Gasteiger partial charge in [0.05, 0.1) is 11.1 Å². The number of H-pyrrole nitrogens is 1. The van der Waals surface area contributed by atoms with Gasteiger partial charge in [-0.25, -0.2) is 4.98 Å². The molecule has 1 aromatic heterocycles. The summed E-state index contributed by atoms with van der Waals surface area (Å²) >= 11 is 0. The number of nitrogens with one attached hydrogen (secondary N) is 2. The molecule has 0 bridgehead atoms. The highest BCUT2D eigenvalue weighted by molar-refractivity contribution is 5.83. The second-order valence-corrected chi connectivity index (χ2v) is 5.28. The van der Waals surface area contributed by atoms with Crippen molar-refractivity contribution < 1.29 is 0 Å². The summed E-state index contributed by atoms with van der Waals surface area (Å²) in [5.74, 6) is 1.54. The van der Waals surface area contributed by atoms with Crippen LogP contribution in [0.3, 0.4) is 0 Å². The van der Waals surface area contributed by atoms with Crippen LogP contribution in [0.1, 0.15) is 37.7 Å². The largest absolute Gasteiger partial charge is 0.356 e. The lowest BCUT2D eigenvalue weighted by Crippen LogP contribution is -2.17. The molecule has 0 radical (unpaired) electrons. The molecule has 3 rings (SSSR count). The Morgan fingerprint density at radius 1 is 1.32 bits per heavy atom. The maximum Gasteiger partial charge on any atom is 0.201 e. The number of hydrogen-bond donors (Lipinski definition) is 2. The minimum Gasteiger partial charge on any atom is -0.356 e. The summed E-state index contributed by atoms with van der Waals surface area (Å²) in [6.07, 6.45) is 6.72. The minimum absolute atomic E-state index is 0.625. The Labute approximate surface area is 112 Å². The molecule has 1 aliphatic carbocycles. The summed E-state index contributed by atoms with van der Waals surface area (Å²) in [6.45, 7) is 0.974. The lowest BCUT2D eigenvalue weighted by molar-refractivity contribution is 0.373. The van der Waals surface area contributed by atoms with E-state index in [1.165, 1.54) is 32.1 Å². The number of aromatic nitrogens is 2. The molecule has 2 N–H and O–H groups in total. The lowest BCUT2D eigenvalue weighted by Gasteiger charge is -2.21. The number of nitriles is 1. The van der Waals surface area contributed by atoms with Crippen molar-refractivity contribution in [3.05, 3.63) is 23.8 Å². The third-order valence-electron chi connectivity index (χ3n) is 3.92. The molecular weight excluding hydrogens is 236 g/mol. The van der Waals surface area contributed by atoms with E-state index in [0.717, 1.165) is 29.4 Å². The third-order valence-corrected chi connectivity index (χ3v) is 3.92. The molecule has 0 spiro atoms. The zero-order chi connectivity index (χ0) is 13.1. The van der Waals surface area contributed by atoms with E-state index in [0.29, 0.717) is 5.56 Å². The van der Waals surface area contributed by atoms with Crippen molar-refractivity contribution in [2.24, 2.45) is 5.92 Å². The van der Waals surface area contributed by atoms with Gasteiger partial charge in [-0.3, -0.25) is 0 Å². The topological polar surface area (TPSA) is 64.5 Å². The summed E-state index contributed by atoms with van der Waals surface area (Å²) in [6, 6.07) is 7.81. The van der Waals surface area contributed by atoms with Gasteiger partial charge in [0.1, 0.15) is 11.6 Å². The average molecular weight is 254 g/mol. The predicted molar refractivity (Wildman–Crippen MR) is 75.9 cm³/mol. The highest BCUT2D eigenvalue weighted by atomic mass is 15.1. The first-order chi connectivity index (χ1) is 9.36. The predicted octanol–water partition coefficient (Wildman–Crippen LogP) is 3.43. The Morgan fingerprint density at radius 3 is 2.95 bits per heavy atom. The van der Waals surface area contributed by atoms with Crippen LogP contribution in [0.2, 0.25) is 0 Å². The van der Waals surface area contributed by atoms with E-state index in [-0.39, 0.29) is 0 Å². The van der Waals surface area contributed by atoms with E-state index in [1.54, 1.807) is 6.07 Å². The van der Waals surface area contributed by atoms with Crippen LogP contribution in [0.4, 0.5) is 5.95 Å². The molecule has 1 saturated carbocycles. The Bertz CT molecular complexity index is 602. The van der Waals surface area contributed by atoms with Crippen molar-refractivity contribution in [2.75, 3.05) is 11.9 Å². The molecule has 0 amide bonds. The van der Waals surface area contributed by atoms with E-state index in [2.05, 4.69) is 21.4 Å². The van der Waals surface area contributed by atoms with Crippen LogP contribution >= 0.6 is 0 Å². The monoisotopic (exact) mass is 254 g/mol. The molecule has 1 fully saturated rings. The minimum atomic E-state index is 0.625. The zero-order valence-corrected chi connectivity index (χ0v) is 10.9. The number of para-hydroxylation sites is 1. The second-order valence-electron chi connectivity index (χ2n) is 5.28. The van der Waals surface area contributed by atoms with Crippen LogP contribution in [0.5, 0.6) is 0 Å². The van der Waals surface area contributed by atoms with E-state index < -0.39 is 0 Å². The number of anilines is 1. The van der Waals surface area contributed by atoms with Crippen LogP contribution in [0, 0.1) is 17.2 Å². The molecule has 1 aromatic carbocycles. The molecule has 0 unspecified atom stereocenters. The normalized spacial score (nSPS) is 16.4. The van der Waals surface area contributed by atoms with Crippen molar-refractivity contribution in [1.82, 2.24) is 9.97 Å². The van der Waals surface area contributed by atoms with E-state index >= 15 is 0 Å². The van der Waals surface area contributed by atoms with E-state index in [9.17, 15) is 0 Å². The zero-order valence-electron chi connectivity index (χ0n) is 10.9. The standard InChI is InChI=1S/C15H18N4/c16-9-12-7-4-8-13-14(12)19-15(18-13)17-10-11-5-2-1-3-6-11/h4,7-8,11H,1-3,5-6,10H2,(H2,17,18,19). The Balaban J connectivity index is 1.73. The number of nitrogens with zero attached hydrogens (tertiary/aromatic N) is 2. The van der Waals surface area contributed by atoms with Crippen molar-refractivity contribution in [3.8, 4) is 6.07 Å². The van der Waals surface area contributed by atoms with Gasteiger partial charge in [0, 0.05) is 6.54 Å². The molecule has 4 nitrogen and oxygen atoms in total. The number of rotatable bonds is 3. The van der Waals surface area contributed by atoms with Crippen molar-refractivity contribution in [3.63, 3.8) is 0 Å². The molecule has 0 atom stereocenters. The summed E-state index contributed by atoms with van der Waals surface area (Å²) in [5, 5.41) is 12.4. The quantitative estimate of drug-likeness (QED) is 0.882. The van der Waals surface area contributed by atoms with E-state index in [4.69, 9.17) is 5.26 Å². The third kappa shape index (κ3) is 2.55. The first kappa shape index (κ1) is 12.0. The fraction of sp³-hybridized carbons (Fsp3) is 0.467. The molecule has 2 aromatic rings. The Hall–Kier alpha value is -2.02. The van der Waals surface area contributed by atoms with Crippen LogP contribution < -0.4 is 5.32 Å². The molecule has 0 saturated heterocycles. The summed E-state index contributed by atoms with van der Waals surface area (Å²) in [7, 11) is 0. The molecule has 1 aliphatic rings.